The molecule has 3 aromatic rings. The van der Waals surface area contributed by atoms with Crippen molar-refractivity contribution in [3.8, 4) is 11.5 Å². The van der Waals surface area contributed by atoms with E-state index in [-0.39, 0.29) is 0 Å². The zero-order valence-corrected chi connectivity index (χ0v) is 14.4. The highest BCUT2D eigenvalue weighted by molar-refractivity contribution is 7.71. The topological polar surface area (TPSA) is 43.0 Å². The van der Waals surface area contributed by atoms with Gasteiger partial charge in [-0.05, 0) is 55.9 Å². The van der Waals surface area contributed by atoms with Crippen molar-refractivity contribution in [2.75, 3.05) is 5.32 Å². The van der Waals surface area contributed by atoms with Gasteiger partial charge in [0.15, 0.2) is 0 Å². The van der Waals surface area contributed by atoms with E-state index in [9.17, 15) is 0 Å². The van der Waals surface area contributed by atoms with Crippen LogP contribution in [0.4, 0.5) is 5.69 Å². The van der Waals surface area contributed by atoms with Gasteiger partial charge < -0.3 is 9.73 Å². The molecule has 0 saturated heterocycles. The van der Waals surface area contributed by atoms with E-state index in [0.29, 0.717) is 17.4 Å². The average molecular weight is 346 g/mol. The first kappa shape index (κ1) is 15.8. The van der Waals surface area contributed by atoms with Gasteiger partial charge >= 0.3 is 0 Å². The van der Waals surface area contributed by atoms with Crippen LogP contribution < -0.4 is 5.32 Å². The molecule has 0 saturated carbocycles. The quantitative estimate of drug-likeness (QED) is 0.659. The maximum atomic E-state index is 6.12. The Bertz CT molecular complexity index is 884. The summed E-state index contributed by atoms with van der Waals surface area (Å²) in [6.45, 7) is 4.41. The standard InChI is InChI=1S/C17H16ClN3OS/c1-11-3-6-13(7-4-11)16-20-21(17(23)22-16)10-19-14-8-5-12(2)15(18)9-14/h3-9,19H,10H2,1-2H3. The molecule has 118 valence electrons. The van der Waals surface area contributed by atoms with Crippen LogP contribution >= 0.6 is 23.8 Å². The minimum atomic E-state index is 0.325. The Labute approximate surface area is 144 Å². The summed E-state index contributed by atoms with van der Waals surface area (Å²) in [5, 5.41) is 8.37. The highest BCUT2D eigenvalue weighted by atomic mass is 35.5. The fourth-order valence-corrected chi connectivity index (χ4v) is 2.45. The maximum Gasteiger partial charge on any atom is 0.289 e. The van der Waals surface area contributed by atoms with Gasteiger partial charge in [-0.3, -0.25) is 0 Å². The molecular formula is C17H16ClN3OS. The molecular weight excluding hydrogens is 330 g/mol. The van der Waals surface area contributed by atoms with Crippen LogP contribution in [0.2, 0.25) is 5.02 Å². The van der Waals surface area contributed by atoms with E-state index in [1.165, 1.54) is 5.56 Å². The monoisotopic (exact) mass is 345 g/mol. The number of hydrogen-bond donors (Lipinski definition) is 1. The molecule has 4 nitrogen and oxygen atoms in total. The predicted octanol–water partition coefficient (Wildman–Crippen LogP) is 5.21. The van der Waals surface area contributed by atoms with Crippen LogP contribution in [0.3, 0.4) is 0 Å². The molecule has 0 aliphatic carbocycles. The third kappa shape index (κ3) is 3.63. The van der Waals surface area contributed by atoms with Crippen molar-refractivity contribution in [3.05, 3.63) is 63.5 Å². The number of rotatable bonds is 4. The van der Waals surface area contributed by atoms with Gasteiger partial charge in [0.05, 0.1) is 0 Å². The van der Waals surface area contributed by atoms with Gasteiger partial charge in [-0.15, -0.1) is 5.10 Å². The van der Waals surface area contributed by atoms with Crippen molar-refractivity contribution >= 4 is 29.5 Å². The minimum Gasteiger partial charge on any atom is -0.409 e. The zero-order chi connectivity index (χ0) is 16.4. The Hall–Kier alpha value is -2.11. The number of benzene rings is 2. The molecule has 23 heavy (non-hydrogen) atoms. The third-order valence-corrected chi connectivity index (χ3v) is 4.21. The van der Waals surface area contributed by atoms with Crippen LogP contribution in [-0.4, -0.2) is 9.78 Å². The Kier molecular flexibility index (Phi) is 4.50. The summed E-state index contributed by atoms with van der Waals surface area (Å²) in [4.78, 5) is 0.325. The summed E-state index contributed by atoms with van der Waals surface area (Å²) >= 11 is 11.4. The largest absolute Gasteiger partial charge is 0.409 e. The molecule has 0 unspecified atom stereocenters. The summed E-state index contributed by atoms with van der Waals surface area (Å²) in [5.74, 6) is 0.513. The number of aromatic nitrogens is 2. The first-order chi connectivity index (χ1) is 11.0. The molecule has 0 amide bonds. The normalized spacial score (nSPS) is 10.7. The Morgan fingerprint density at radius 3 is 2.61 bits per heavy atom. The molecule has 0 aliphatic rings. The number of hydrogen-bond acceptors (Lipinski definition) is 4. The van der Waals surface area contributed by atoms with Crippen molar-refractivity contribution < 1.29 is 4.42 Å². The van der Waals surface area contributed by atoms with Crippen molar-refractivity contribution in [2.24, 2.45) is 0 Å². The molecule has 1 N–H and O–H groups in total. The van der Waals surface area contributed by atoms with Gasteiger partial charge in [-0.25, -0.2) is 4.68 Å². The summed E-state index contributed by atoms with van der Waals surface area (Å²) in [7, 11) is 0. The molecule has 0 fully saturated rings. The Morgan fingerprint density at radius 1 is 1.17 bits per heavy atom. The SMILES string of the molecule is Cc1ccc(-c2nn(CNc3ccc(C)c(Cl)c3)c(=S)o2)cc1. The van der Waals surface area contributed by atoms with E-state index in [1.54, 1.807) is 4.68 Å². The van der Waals surface area contributed by atoms with Crippen LogP contribution in [0, 0.1) is 18.7 Å². The van der Waals surface area contributed by atoms with E-state index in [4.69, 9.17) is 28.2 Å². The van der Waals surface area contributed by atoms with Crippen LogP contribution in [0.25, 0.3) is 11.5 Å². The number of halogens is 1. The van der Waals surface area contributed by atoms with E-state index >= 15 is 0 Å². The molecule has 6 heteroatoms. The van der Waals surface area contributed by atoms with Gasteiger partial charge in [-0.2, -0.15) is 0 Å². The highest BCUT2D eigenvalue weighted by Gasteiger charge is 2.08. The predicted molar refractivity (Wildman–Crippen MR) is 95.3 cm³/mol. The molecule has 2 aromatic carbocycles. The van der Waals surface area contributed by atoms with Crippen molar-refractivity contribution in [1.82, 2.24) is 9.78 Å². The second-order valence-corrected chi connectivity index (χ2v) is 6.09. The van der Waals surface area contributed by atoms with Crippen LogP contribution in [0.5, 0.6) is 0 Å². The first-order valence-electron chi connectivity index (χ1n) is 7.18. The summed E-state index contributed by atoms with van der Waals surface area (Å²) in [5.41, 5.74) is 4.03. The van der Waals surface area contributed by atoms with Crippen LogP contribution in [0.1, 0.15) is 11.1 Å². The lowest BCUT2D eigenvalue weighted by Crippen LogP contribution is -2.09. The lowest BCUT2D eigenvalue weighted by Gasteiger charge is -2.07. The summed E-state index contributed by atoms with van der Waals surface area (Å²) < 4.78 is 7.18. The van der Waals surface area contributed by atoms with E-state index < -0.39 is 0 Å². The Balaban J connectivity index is 1.77. The summed E-state index contributed by atoms with van der Waals surface area (Å²) in [6.07, 6.45) is 0. The van der Waals surface area contributed by atoms with Crippen molar-refractivity contribution in [3.63, 3.8) is 0 Å². The number of nitrogens with zero attached hydrogens (tertiary/aromatic N) is 2. The molecule has 0 bridgehead atoms. The molecule has 1 aromatic heterocycles. The number of anilines is 1. The molecule has 0 radical (unpaired) electrons. The lowest BCUT2D eigenvalue weighted by molar-refractivity contribution is 0.522. The first-order valence-corrected chi connectivity index (χ1v) is 7.96. The van der Waals surface area contributed by atoms with Gasteiger partial charge in [-0.1, -0.05) is 35.4 Å². The van der Waals surface area contributed by atoms with Gasteiger partial charge in [0.25, 0.3) is 4.84 Å². The fourth-order valence-electron chi connectivity index (χ4n) is 2.09. The summed E-state index contributed by atoms with van der Waals surface area (Å²) in [6, 6.07) is 13.8. The molecule has 1 heterocycles. The van der Waals surface area contributed by atoms with Crippen LogP contribution in [0.15, 0.2) is 46.9 Å². The van der Waals surface area contributed by atoms with Crippen LogP contribution in [-0.2, 0) is 6.67 Å². The molecule has 0 aliphatic heterocycles. The van der Waals surface area contributed by atoms with Gasteiger partial charge in [0.2, 0.25) is 5.89 Å². The number of aryl methyl sites for hydroxylation is 2. The van der Waals surface area contributed by atoms with E-state index in [1.807, 2.05) is 56.3 Å². The lowest BCUT2D eigenvalue weighted by atomic mass is 10.1. The van der Waals surface area contributed by atoms with Crippen molar-refractivity contribution in [2.45, 2.75) is 20.5 Å². The third-order valence-electron chi connectivity index (χ3n) is 3.51. The maximum absolute atomic E-state index is 6.12. The Morgan fingerprint density at radius 2 is 1.91 bits per heavy atom. The minimum absolute atomic E-state index is 0.325. The molecule has 0 spiro atoms. The van der Waals surface area contributed by atoms with E-state index in [2.05, 4.69) is 10.4 Å². The molecule has 3 rings (SSSR count). The van der Waals surface area contributed by atoms with Crippen molar-refractivity contribution in [1.29, 1.82) is 0 Å². The fraction of sp³-hybridized carbons (Fsp3) is 0.176. The highest BCUT2D eigenvalue weighted by Crippen LogP contribution is 2.21. The van der Waals surface area contributed by atoms with Gasteiger partial charge in [0, 0.05) is 16.3 Å². The molecule has 0 atom stereocenters. The second-order valence-electron chi connectivity index (χ2n) is 5.34. The smallest absolute Gasteiger partial charge is 0.289 e. The van der Waals surface area contributed by atoms with E-state index in [0.717, 1.165) is 21.8 Å². The average Bonchev–Trinajstić information content (AvgIpc) is 2.90. The number of nitrogens with one attached hydrogen (secondary N) is 1. The second kappa shape index (κ2) is 6.56. The zero-order valence-electron chi connectivity index (χ0n) is 12.8. The van der Waals surface area contributed by atoms with Gasteiger partial charge in [0.1, 0.15) is 6.67 Å².